The molecule has 8 heteroatoms. The summed E-state index contributed by atoms with van der Waals surface area (Å²) < 4.78 is 5.15. The summed E-state index contributed by atoms with van der Waals surface area (Å²) in [5.41, 5.74) is 2.20. The number of hydrogen-bond acceptors (Lipinski definition) is 4. The van der Waals surface area contributed by atoms with E-state index in [0.29, 0.717) is 26.2 Å². The van der Waals surface area contributed by atoms with Crippen molar-refractivity contribution in [3.8, 4) is 0 Å². The number of amides is 1. The number of aliphatic imine (C=N–C) groups is 1. The van der Waals surface area contributed by atoms with Gasteiger partial charge in [-0.1, -0.05) is 12.1 Å². The zero-order valence-electron chi connectivity index (χ0n) is 15.7. The van der Waals surface area contributed by atoms with Crippen LogP contribution in [0, 0.1) is 0 Å². The number of rotatable bonds is 7. The van der Waals surface area contributed by atoms with Gasteiger partial charge in [-0.3, -0.25) is 4.79 Å². The fourth-order valence-corrected chi connectivity index (χ4v) is 2.69. The van der Waals surface area contributed by atoms with Crippen LogP contribution in [0.4, 0.5) is 5.69 Å². The van der Waals surface area contributed by atoms with Crippen molar-refractivity contribution in [1.82, 2.24) is 16.0 Å². The number of anilines is 1. The molecule has 1 aromatic carbocycles. The van der Waals surface area contributed by atoms with E-state index >= 15 is 0 Å². The fraction of sp³-hybridized carbons (Fsp3) is 0.556. The summed E-state index contributed by atoms with van der Waals surface area (Å²) in [6.07, 6.45) is 0. The predicted molar refractivity (Wildman–Crippen MR) is 116 cm³/mol. The van der Waals surface area contributed by atoms with Gasteiger partial charge in [0.15, 0.2) is 5.96 Å². The van der Waals surface area contributed by atoms with Crippen LogP contribution in [0.1, 0.15) is 19.4 Å². The molecule has 1 atom stereocenters. The monoisotopic (exact) mass is 475 g/mol. The average Bonchev–Trinajstić information content (AvgIpc) is 2.60. The van der Waals surface area contributed by atoms with E-state index in [1.54, 1.807) is 7.11 Å². The SMILES string of the molecule is CCNC(=NCc1ccc(N2CCNC(=O)C2)cc1)NC(C)COC.I. The smallest absolute Gasteiger partial charge is 0.239 e. The Balaban J connectivity index is 0.00000338. The Kier molecular flexibility index (Phi) is 10.3. The lowest BCUT2D eigenvalue weighted by Gasteiger charge is -2.28. The molecule has 1 aromatic rings. The van der Waals surface area contributed by atoms with Crippen molar-refractivity contribution in [3.05, 3.63) is 29.8 Å². The maximum Gasteiger partial charge on any atom is 0.239 e. The molecule has 0 bridgehead atoms. The van der Waals surface area contributed by atoms with E-state index in [9.17, 15) is 4.79 Å². The van der Waals surface area contributed by atoms with Crippen molar-refractivity contribution < 1.29 is 9.53 Å². The number of hydrogen-bond donors (Lipinski definition) is 3. The number of nitrogens with one attached hydrogen (secondary N) is 3. The predicted octanol–water partition coefficient (Wildman–Crippen LogP) is 1.33. The van der Waals surface area contributed by atoms with Gasteiger partial charge in [-0.15, -0.1) is 24.0 Å². The van der Waals surface area contributed by atoms with Gasteiger partial charge in [0.1, 0.15) is 0 Å². The Morgan fingerprint density at radius 3 is 2.73 bits per heavy atom. The lowest BCUT2D eigenvalue weighted by atomic mass is 10.2. The fourth-order valence-electron chi connectivity index (χ4n) is 2.69. The summed E-state index contributed by atoms with van der Waals surface area (Å²) in [4.78, 5) is 18.2. The van der Waals surface area contributed by atoms with E-state index in [1.807, 2.05) is 6.92 Å². The minimum absolute atomic E-state index is 0. The zero-order chi connectivity index (χ0) is 18.1. The number of methoxy groups -OCH3 is 1. The van der Waals surface area contributed by atoms with Gasteiger partial charge in [-0.05, 0) is 31.5 Å². The van der Waals surface area contributed by atoms with Gasteiger partial charge in [-0.25, -0.2) is 4.99 Å². The third-order valence-corrected chi connectivity index (χ3v) is 3.90. The molecular weight excluding hydrogens is 445 g/mol. The van der Waals surface area contributed by atoms with E-state index in [2.05, 4.69) is 57.0 Å². The van der Waals surface area contributed by atoms with Crippen molar-refractivity contribution in [1.29, 1.82) is 0 Å². The molecule has 1 amide bonds. The molecule has 0 saturated carbocycles. The zero-order valence-corrected chi connectivity index (χ0v) is 18.1. The molecule has 3 N–H and O–H groups in total. The summed E-state index contributed by atoms with van der Waals surface area (Å²) in [7, 11) is 1.69. The van der Waals surface area contributed by atoms with Crippen LogP contribution in [-0.2, 0) is 16.1 Å². The molecule has 2 rings (SSSR count). The van der Waals surface area contributed by atoms with Crippen LogP contribution < -0.4 is 20.9 Å². The second-order valence-electron chi connectivity index (χ2n) is 6.13. The maximum atomic E-state index is 11.5. The highest BCUT2D eigenvalue weighted by Crippen LogP contribution is 2.16. The van der Waals surface area contributed by atoms with Crippen LogP contribution in [0.3, 0.4) is 0 Å². The molecule has 146 valence electrons. The molecule has 1 saturated heterocycles. The highest BCUT2D eigenvalue weighted by molar-refractivity contribution is 14.0. The first-order chi connectivity index (χ1) is 12.1. The van der Waals surface area contributed by atoms with Crippen LogP contribution >= 0.6 is 24.0 Å². The Morgan fingerprint density at radius 2 is 2.12 bits per heavy atom. The van der Waals surface area contributed by atoms with Gasteiger partial charge in [0.2, 0.25) is 5.91 Å². The minimum Gasteiger partial charge on any atom is -0.383 e. The average molecular weight is 475 g/mol. The van der Waals surface area contributed by atoms with Gasteiger partial charge >= 0.3 is 0 Å². The molecule has 0 radical (unpaired) electrons. The normalized spacial score (nSPS) is 15.7. The first kappa shape index (κ1) is 22.5. The van der Waals surface area contributed by atoms with Gasteiger partial charge in [0.25, 0.3) is 0 Å². The molecule has 1 fully saturated rings. The van der Waals surface area contributed by atoms with Crippen LogP contribution in [0.2, 0.25) is 0 Å². The van der Waals surface area contributed by atoms with Crippen LogP contribution in [-0.4, -0.2) is 57.8 Å². The number of carbonyl (C=O) groups excluding carboxylic acids is 1. The van der Waals surface area contributed by atoms with Crippen LogP contribution in [0.15, 0.2) is 29.3 Å². The summed E-state index contributed by atoms with van der Waals surface area (Å²) in [6.45, 7) is 8.09. The number of benzene rings is 1. The molecule has 1 heterocycles. The maximum absolute atomic E-state index is 11.5. The Morgan fingerprint density at radius 1 is 1.38 bits per heavy atom. The van der Waals surface area contributed by atoms with Gasteiger partial charge in [-0.2, -0.15) is 0 Å². The molecule has 1 aliphatic rings. The molecule has 1 unspecified atom stereocenters. The van der Waals surface area contributed by atoms with Crippen molar-refractivity contribution in [2.75, 3.05) is 44.8 Å². The van der Waals surface area contributed by atoms with Gasteiger partial charge < -0.3 is 25.6 Å². The standard InChI is InChI=1S/C18H29N5O2.HI/c1-4-19-18(22-14(2)13-25-3)21-11-15-5-7-16(8-6-15)23-10-9-20-17(24)12-23;/h5-8,14H,4,9-13H2,1-3H3,(H,20,24)(H2,19,21,22);1H. The Labute approximate surface area is 173 Å². The number of halogens is 1. The van der Waals surface area contributed by atoms with E-state index in [-0.39, 0.29) is 35.9 Å². The van der Waals surface area contributed by atoms with E-state index in [1.165, 1.54) is 0 Å². The Bertz CT molecular complexity index is 579. The first-order valence-corrected chi connectivity index (χ1v) is 8.76. The molecule has 0 spiro atoms. The van der Waals surface area contributed by atoms with Crippen molar-refractivity contribution >= 4 is 41.5 Å². The largest absolute Gasteiger partial charge is 0.383 e. The molecule has 7 nitrogen and oxygen atoms in total. The minimum atomic E-state index is 0. The summed E-state index contributed by atoms with van der Waals surface area (Å²) in [5.74, 6) is 0.857. The molecule has 0 aromatic heterocycles. The quantitative estimate of drug-likeness (QED) is 0.315. The van der Waals surface area contributed by atoms with E-state index in [0.717, 1.165) is 30.3 Å². The van der Waals surface area contributed by atoms with Crippen molar-refractivity contribution in [2.45, 2.75) is 26.4 Å². The topological polar surface area (TPSA) is 78.0 Å². The molecular formula is C18H30IN5O2. The molecule has 0 aliphatic carbocycles. The number of ether oxygens (including phenoxy) is 1. The molecule has 26 heavy (non-hydrogen) atoms. The number of nitrogens with zero attached hydrogens (tertiary/aromatic N) is 2. The van der Waals surface area contributed by atoms with Gasteiger partial charge in [0, 0.05) is 38.5 Å². The summed E-state index contributed by atoms with van der Waals surface area (Å²) >= 11 is 0. The van der Waals surface area contributed by atoms with Crippen LogP contribution in [0.25, 0.3) is 0 Å². The van der Waals surface area contributed by atoms with E-state index < -0.39 is 0 Å². The Hall–Kier alpha value is -1.55. The highest BCUT2D eigenvalue weighted by atomic mass is 127. The van der Waals surface area contributed by atoms with E-state index in [4.69, 9.17) is 4.74 Å². The van der Waals surface area contributed by atoms with Crippen LogP contribution in [0.5, 0.6) is 0 Å². The lowest BCUT2D eigenvalue weighted by Crippen LogP contribution is -2.47. The van der Waals surface area contributed by atoms with Gasteiger partial charge in [0.05, 0.1) is 19.7 Å². The first-order valence-electron chi connectivity index (χ1n) is 8.76. The number of guanidine groups is 1. The lowest BCUT2D eigenvalue weighted by molar-refractivity contribution is -0.120. The second kappa shape index (κ2) is 11.9. The second-order valence-corrected chi connectivity index (χ2v) is 6.13. The summed E-state index contributed by atoms with van der Waals surface area (Å²) in [5, 5.41) is 9.40. The van der Waals surface area contributed by atoms with Crippen molar-refractivity contribution in [2.24, 2.45) is 4.99 Å². The number of carbonyl (C=O) groups is 1. The van der Waals surface area contributed by atoms with Crippen molar-refractivity contribution in [3.63, 3.8) is 0 Å². The summed E-state index contributed by atoms with van der Waals surface area (Å²) in [6, 6.07) is 8.42. The number of piperazine rings is 1. The third-order valence-electron chi connectivity index (χ3n) is 3.90. The highest BCUT2D eigenvalue weighted by Gasteiger charge is 2.16. The molecule has 1 aliphatic heterocycles. The third kappa shape index (κ3) is 7.36.